The summed E-state index contributed by atoms with van der Waals surface area (Å²) in [5.41, 5.74) is 0.596. The van der Waals surface area contributed by atoms with E-state index >= 15 is 0 Å². The molecule has 0 saturated heterocycles. The summed E-state index contributed by atoms with van der Waals surface area (Å²) in [7, 11) is 1.60. The van der Waals surface area contributed by atoms with E-state index in [-0.39, 0.29) is 13.0 Å². The van der Waals surface area contributed by atoms with Gasteiger partial charge >= 0.3 is 5.97 Å². The lowest BCUT2D eigenvalue weighted by Gasteiger charge is -2.08. The molecule has 6 heteroatoms. The van der Waals surface area contributed by atoms with Crippen molar-refractivity contribution in [3.8, 4) is 5.75 Å². The molecule has 0 aromatic heterocycles. The number of carbonyl (C=O) groups excluding carboxylic acids is 2. The van der Waals surface area contributed by atoms with Crippen LogP contribution in [-0.2, 0) is 19.1 Å². The van der Waals surface area contributed by atoms with Crippen molar-refractivity contribution in [3.05, 3.63) is 24.3 Å². The van der Waals surface area contributed by atoms with E-state index in [2.05, 4.69) is 5.32 Å². The minimum Gasteiger partial charge on any atom is -0.491 e. The first kappa shape index (κ1) is 16.0. The first-order valence-corrected chi connectivity index (χ1v) is 6.33. The largest absolute Gasteiger partial charge is 0.491 e. The Morgan fingerprint density at radius 3 is 2.45 bits per heavy atom. The van der Waals surface area contributed by atoms with Gasteiger partial charge in [0.05, 0.1) is 13.2 Å². The number of carbonyl (C=O) groups is 2. The quantitative estimate of drug-likeness (QED) is 0.445. The molecular weight excluding hydrogens is 262 g/mol. The zero-order valence-corrected chi connectivity index (χ0v) is 11.7. The smallest absolute Gasteiger partial charge is 0.315 e. The molecule has 0 radical (unpaired) electrons. The lowest BCUT2D eigenvalue weighted by molar-refractivity contribution is -0.145. The van der Waals surface area contributed by atoms with Gasteiger partial charge in [0.25, 0.3) is 0 Å². The molecule has 1 rings (SSSR count). The molecule has 0 aliphatic heterocycles. The van der Waals surface area contributed by atoms with E-state index in [4.69, 9.17) is 14.2 Å². The maximum Gasteiger partial charge on any atom is 0.315 e. The number of anilines is 1. The summed E-state index contributed by atoms with van der Waals surface area (Å²) in [5, 5.41) is 2.61. The van der Waals surface area contributed by atoms with Gasteiger partial charge in [0.2, 0.25) is 5.91 Å². The first-order valence-electron chi connectivity index (χ1n) is 6.33. The number of rotatable bonds is 8. The van der Waals surface area contributed by atoms with E-state index in [0.717, 1.165) is 0 Å². The van der Waals surface area contributed by atoms with Gasteiger partial charge in [-0.3, -0.25) is 9.59 Å². The normalized spacial score (nSPS) is 9.90. The highest BCUT2D eigenvalue weighted by Crippen LogP contribution is 2.15. The van der Waals surface area contributed by atoms with Gasteiger partial charge in [0.15, 0.2) is 0 Å². The summed E-state index contributed by atoms with van der Waals surface area (Å²) in [4.78, 5) is 22.7. The van der Waals surface area contributed by atoms with Crippen molar-refractivity contribution < 1.29 is 23.8 Å². The number of methoxy groups -OCH3 is 1. The van der Waals surface area contributed by atoms with Crippen molar-refractivity contribution in [3.63, 3.8) is 0 Å². The van der Waals surface area contributed by atoms with Crippen molar-refractivity contribution in [2.45, 2.75) is 13.3 Å². The fraction of sp³-hybridized carbons (Fsp3) is 0.429. The van der Waals surface area contributed by atoms with Crippen molar-refractivity contribution >= 4 is 17.6 Å². The van der Waals surface area contributed by atoms with Crippen LogP contribution >= 0.6 is 0 Å². The Kier molecular flexibility index (Phi) is 7.13. The minimum atomic E-state index is -0.537. The van der Waals surface area contributed by atoms with Gasteiger partial charge in [-0.05, 0) is 31.2 Å². The SMILES string of the molecule is CCOC(=O)CC(=O)Nc1ccc(OCCOC)cc1. The van der Waals surface area contributed by atoms with E-state index in [9.17, 15) is 9.59 Å². The van der Waals surface area contributed by atoms with E-state index in [1.54, 1.807) is 38.3 Å². The zero-order valence-electron chi connectivity index (χ0n) is 11.7. The van der Waals surface area contributed by atoms with Crippen LogP contribution in [0.5, 0.6) is 5.75 Å². The van der Waals surface area contributed by atoms with Gasteiger partial charge in [0.1, 0.15) is 18.8 Å². The molecule has 0 heterocycles. The highest BCUT2D eigenvalue weighted by molar-refractivity contribution is 6.01. The number of hydrogen-bond acceptors (Lipinski definition) is 5. The van der Waals surface area contributed by atoms with Crippen molar-refractivity contribution in [1.82, 2.24) is 0 Å². The van der Waals surface area contributed by atoms with Crippen molar-refractivity contribution in [2.24, 2.45) is 0 Å². The predicted octanol–water partition coefficient (Wildman–Crippen LogP) is 1.60. The molecule has 0 bridgehead atoms. The Balaban J connectivity index is 2.40. The molecular formula is C14H19NO5. The lowest BCUT2D eigenvalue weighted by Crippen LogP contribution is -2.18. The first-order chi connectivity index (χ1) is 9.65. The molecule has 0 saturated carbocycles. The fourth-order valence-electron chi connectivity index (χ4n) is 1.43. The minimum absolute atomic E-state index is 0.264. The van der Waals surface area contributed by atoms with E-state index < -0.39 is 11.9 Å². The molecule has 1 aromatic carbocycles. The summed E-state index contributed by atoms with van der Waals surface area (Å²) >= 11 is 0. The standard InChI is InChI=1S/C14H19NO5/c1-3-19-14(17)10-13(16)15-11-4-6-12(7-5-11)20-9-8-18-2/h4-7H,3,8-10H2,1-2H3,(H,15,16). The maximum atomic E-state index is 11.5. The molecule has 0 spiro atoms. The molecule has 110 valence electrons. The molecule has 1 aromatic rings. The summed E-state index contributed by atoms with van der Waals surface area (Å²) in [6.07, 6.45) is -0.292. The topological polar surface area (TPSA) is 73.9 Å². The number of esters is 1. The molecule has 20 heavy (non-hydrogen) atoms. The van der Waals surface area contributed by atoms with Crippen LogP contribution < -0.4 is 10.1 Å². The Hall–Kier alpha value is -2.08. The second-order valence-corrected chi connectivity index (χ2v) is 3.90. The Morgan fingerprint density at radius 2 is 1.85 bits per heavy atom. The van der Waals surface area contributed by atoms with Crippen LogP contribution in [0.15, 0.2) is 24.3 Å². The maximum absolute atomic E-state index is 11.5. The van der Waals surface area contributed by atoms with Crippen LogP contribution in [-0.4, -0.2) is 38.8 Å². The Morgan fingerprint density at radius 1 is 1.15 bits per heavy atom. The van der Waals surface area contributed by atoms with Gasteiger partial charge in [-0.1, -0.05) is 0 Å². The number of benzene rings is 1. The van der Waals surface area contributed by atoms with Gasteiger partial charge in [-0.15, -0.1) is 0 Å². The van der Waals surface area contributed by atoms with E-state index in [0.29, 0.717) is 24.7 Å². The molecule has 1 N–H and O–H groups in total. The van der Waals surface area contributed by atoms with Gasteiger partial charge < -0.3 is 19.5 Å². The van der Waals surface area contributed by atoms with Gasteiger partial charge in [-0.25, -0.2) is 0 Å². The number of ether oxygens (including phenoxy) is 3. The summed E-state index contributed by atoms with van der Waals surface area (Å²) < 4.78 is 15.0. The summed E-state index contributed by atoms with van der Waals surface area (Å²) in [6, 6.07) is 6.86. The van der Waals surface area contributed by atoms with Crippen LogP contribution in [0.3, 0.4) is 0 Å². The predicted molar refractivity (Wildman–Crippen MR) is 73.7 cm³/mol. The number of nitrogens with one attached hydrogen (secondary N) is 1. The average Bonchev–Trinajstić information content (AvgIpc) is 2.41. The Labute approximate surface area is 118 Å². The highest BCUT2D eigenvalue weighted by atomic mass is 16.5. The monoisotopic (exact) mass is 281 g/mol. The van der Waals surface area contributed by atoms with Crippen LogP contribution in [0, 0.1) is 0 Å². The van der Waals surface area contributed by atoms with E-state index in [1.165, 1.54) is 0 Å². The van der Waals surface area contributed by atoms with Crippen molar-refractivity contribution in [2.75, 3.05) is 32.2 Å². The Bertz CT molecular complexity index is 430. The van der Waals surface area contributed by atoms with Crippen LogP contribution in [0.25, 0.3) is 0 Å². The second-order valence-electron chi connectivity index (χ2n) is 3.90. The van der Waals surface area contributed by atoms with Crippen LogP contribution in [0.2, 0.25) is 0 Å². The van der Waals surface area contributed by atoms with Crippen LogP contribution in [0.1, 0.15) is 13.3 Å². The van der Waals surface area contributed by atoms with Gasteiger partial charge in [-0.2, -0.15) is 0 Å². The number of hydrogen-bond donors (Lipinski definition) is 1. The lowest BCUT2D eigenvalue weighted by atomic mass is 10.3. The zero-order chi connectivity index (χ0) is 14.8. The summed E-state index contributed by atoms with van der Waals surface area (Å²) in [6.45, 7) is 2.93. The molecule has 0 aliphatic rings. The molecule has 0 unspecified atom stereocenters. The molecule has 0 fully saturated rings. The third-order valence-corrected chi connectivity index (χ3v) is 2.30. The molecule has 0 atom stereocenters. The van der Waals surface area contributed by atoms with E-state index in [1.807, 2.05) is 0 Å². The highest BCUT2D eigenvalue weighted by Gasteiger charge is 2.10. The molecule has 0 aliphatic carbocycles. The number of amides is 1. The molecule has 1 amide bonds. The fourth-order valence-corrected chi connectivity index (χ4v) is 1.43. The average molecular weight is 281 g/mol. The third kappa shape index (κ3) is 6.19. The van der Waals surface area contributed by atoms with Crippen LogP contribution in [0.4, 0.5) is 5.69 Å². The molecule has 6 nitrogen and oxygen atoms in total. The second kappa shape index (κ2) is 8.92. The summed E-state index contributed by atoms with van der Waals surface area (Å²) in [5.74, 6) is -0.258. The van der Waals surface area contributed by atoms with Gasteiger partial charge in [0, 0.05) is 12.8 Å². The third-order valence-electron chi connectivity index (χ3n) is 2.30. The van der Waals surface area contributed by atoms with Crippen molar-refractivity contribution in [1.29, 1.82) is 0 Å².